The lowest BCUT2D eigenvalue weighted by Crippen LogP contribution is -2.36. The SMILES string of the molecule is C=CC(=O)NC(C)C.CC(C)CC(=O)/C=C/CN(C)C.CC(C)N1C(=O)C=CC1=O.CC(C)S(=O)(=O)C(C)C. The standard InChI is InChI=1S/C10H19NO.C7H9NO2.C6H11NO.C6H14O2S/c1-9(2)8-10(12)6-5-7-11(3)4;1-5(2)8-6(9)3-4-7(8)10;1-4-6(8)7-5(2)3;1-5(2)9(7,8)6(3)4/h5-6,9H,7-8H2,1-4H3;3-5H,1-2H3;4-5H,1H2,2-3H3,(H,7,8);5-6H,1-4H3/b6-5+;;;. The fraction of sp³-hybridized carbons (Fsp3) is 0.655. The quantitative estimate of drug-likeness (QED) is 0.311. The molecule has 9 nitrogen and oxygen atoms in total. The van der Waals surface area contributed by atoms with Crippen LogP contribution >= 0.6 is 0 Å². The molecule has 226 valence electrons. The topological polar surface area (TPSA) is 121 Å². The molecule has 0 unspecified atom stereocenters. The molecule has 1 heterocycles. The summed E-state index contributed by atoms with van der Waals surface area (Å²) < 4.78 is 22.1. The molecule has 3 amide bonds. The summed E-state index contributed by atoms with van der Waals surface area (Å²) in [6.45, 7) is 22.5. The summed E-state index contributed by atoms with van der Waals surface area (Å²) in [6.07, 6.45) is 8.10. The molecule has 0 saturated carbocycles. The minimum atomic E-state index is -2.81. The summed E-state index contributed by atoms with van der Waals surface area (Å²) in [5, 5.41) is 2.16. The molecule has 0 saturated heterocycles. The molecule has 0 bridgehead atoms. The minimum absolute atomic E-state index is 0.0324. The van der Waals surface area contributed by atoms with E-state index in [0.29, 0.717) is 12.3 Å². The molecule has 1 rings (SSSR count). The van der Waals surface area contributed by atoms with E-state index < -0.39 is 9.84 Å². The van der Waals surface area contributed by atoms with Crippen LogP contribution in [0.4, 0.5) is 0 Å². The average Bonchev–Trinajstić information content (AvgIpc) is 3.11. The first-order valence-electron chi connectivity index (χ1n) is 13.2. The highest BCUT2D eigenvalue weighted by Gasteiger charge is 2.25. The van der Waals surface area contributed by atoms with Crippen molar-refractivity contribution >= 4 is 33.3 Å². The van der Waals surface area contributed by atoms with E-state index in [-0.39, 0.29) is 46.1 Å². The maximum atomic E-state index is 11.1. The lowest BCUT2D eigenvalue weighted by molar-refractivity contribution is -0.138. The number of sulfone groups is 1. The number of allylic oxidation sites excluding steroid dienone is 1. The first kappa shape index (κ1) is 40.9. The molecule has 0 aromatic heterocycles. The number of carbonyl (C=O) groups excluding carboxylic acids is 4. The summed E-state index contributed by atoms with van der Waals surface area (Å²) in [7, 11) is 1.15. The molecular formula is C29H53N3O6S. The molecule has 0 aliphatic carbocycles. The Kier molecular flexibility index (Phi) is 22.3. The van der Waals surface area contributed by atoms with Crippen molar-refractivity contribution in [3.05, 3.63) is 37.0 Å². The van der Waals surface area contributed by atoms with E-state index >= 15 is 0 Å². The van der Waals surface area contributed by atoms with Crippen LogP contribution in [0.2, 0.25) is 0 Å². The van der Waals surface area contributed by atoms with Gasteiger partial charge in [0, 0.05) is 37.2 Å². The normalized spacial score (nSPS) is 13.0. The van der Waals surface area contributed by atoms with Crippen LogP contribution in [0.25, 0.3) is 0 Å². The van der Waals surface area contributed by atoms with Gasteiger partial charge in [-0.2, -0.15) is 0 Å². The molecule has 0 atom stereocenters. The number of nitrogens with zero attached hydrogens (tertiary/aromatic N) is 2. The van der Waals surface area contributed by atoms with E-state index in [1.165, 1.54) is 23.1 Å². The molecule has 10 heteroatoms. The Hall–Kier alpha value is -2.59. The van der Waals surface area contributed by atoms with Crippen LogP contribution in [0.5, 0.6) is 0 Å². The van der Waals surface area contributed by atoms with Gasteiger partial charge in [0.05, 0.1) is 10.5 Å². The fourth-order valence-electron chi connectivity index (χ4n) is 2.67. The fourth-order valence-corrected chi connectivity index (χ4v) is 3.76. The maximum Gasteiger partial charge on any atom is 0.253 e. The number of amides is 3. The minimum Gasteiger partial charge on any atom is -0.350 e. The van der Waals surface area contributed by atoms with Crippen LogP contribution < -0.4 is 5.32 Å². The Bertz CT molecular complexity index is 899. The smallest absolute Gasteiger partial charge is 0.253 e. The third kappa shape index (κ3) is 22.0. The van der Waals surface area contributed by atoms with Crippen molar-refractivity contribution in [3.8, 4) is 0 Å². The van der Waals surface area contributed by atoms with Crippen LogP contribution in [0, 0.1) is 5.92 Å². The number of imide groups is 1. The molecule has 0 aromatic carbocycles. The second-order valence-corrected chi connectivity index (χ2v) is 13.8. The van der Waals surface area contributed by atoms with Gasteiger partial charge < -0.3 is 10.2 Å². The van der Waals surface area contributed by atoms with Gasteiger partial charge >= 0.3 is 0 Å². The van der Waals surface area contributed by atoms with Crippen molar-refractivity contribution in [1.82, 2.24) is 15.1 Å². The van der Waals surface area contributed by atoms with Crippen LogP contribution in [-0.4, -0.2) is 84.9 Å². The zero-order chi connectivity index (χ0) is 31.5. The highest BCUT2D eigenvalue weighted by atomic mass is 32.2. The summed E-state index contributed by atoms with van der Waals surface area (Å²) in [6, 6.07) is 0.176. The number of nitrogens with one attached hydrogen (secondary N) is 1. The molecule has 0 aromatic rings. The van der Waals surface area contributed by atoms with Gasteiger partial charge in [0.2, 0.25) is 5.91 Å². The van der Waals surface area contributed by atoms with Crippen LogP contribution in [0.1, 0.15) is 75.7 Å². The van der Waals surface area contributed by atoms with E-state index in [0.717, 1.165) is 6.54 Å². The highest BCUT2D eigenvalue weighted by molar-refractivity contribution is 7.92. The molecule has 39 heavy (non-hydrogen) atoms. The van der Waals surface area contributed by atoms with Gasteiger partial charge in [0.1, 0.15) is 0 Å². The van der Waals surface area contributed by atoms with Gasteiger partial charge in [0.25, 0.3) is 11.8 Å². The summed E-state index contributed by atoms with van der Waals surface area (Å²) in [4.78, 5) is 46.5. The van der Waals surface area contributed by atoms with Crippen molar-refractivity contribution in [2.24, 2.45) is 5.92 Å². The number of hydrogen-bond donors (Lipinski definition) is 1. The Morgan fingerprint density at radius 1 is 0.923 bits per heavy atom. The van der Waals surface area contributed by atoms with Crippen LogP contribution in [-0.2, 0) is 29.0 Å². The first-order valence-corrected chi connectivity index (χ1v) is 14.9. The van der Waals surface area contributed by atoms with E-state index in [1.54, 1.807) is 33.8 Å². The number of ketones is 1. The third-order valence-corrected chi connectivity index (χ3v) is 7.30. The van der Waals surface area contributed by atoms with Crippen LogP contribution in [0.15, 0.2) is 37.0 Å². The van der Waals surface area contributed by atoms with Gasteiger partial charge in [-0.15, -0.1) is 0 Å². The zero-order valence-corrected chi connectivity index (χ0v) is 27.0. The average molecular weight is 572 g/mol. The Morgan fingerprint density at radius 3 is 1.56 bits per heavy atom. The predicted molar refractivity (Wildman–Crippen MR) is 161 cm³/mol. The molecule has 1 aliphatic rings. The Morgan fingerprint density at radius 2 is 1.36 bits per heavy atom. The van der Waals surface area contributed by atoms with Gasteiger partial charge in [-0.05, 0) is 87.6 Å². The Balaban J connectivity index is -0.000000448. The molecule has 0 fully saturated rings. The van der Waals surface area contributed by atoms with Gasteiger partial charge in [-0.3, -0.25) is 24.1 Å². The molecule has 0 radical (unpaired) electrons. The van der Waals surface area contributed by atoms with Gasteiger partial charge in [-0.1, -0.05) is 26.5 Å². The van der Waals surface area contributed by atoms with Crippen molar-refractivity contribution in [1.29, 1.82) is 0 Å². The van der Waals surface area contributed by atoms with Crippen molar-refractivity contribution < 1.29 is 27.6 Å². The summed E-state index contributed by atoms with van der Waals surface area (Å²) in [5.41, 5.74) is 0. The number of hydrogen-bond acceptors (Lipinski definition) is 7. The molecule has 1 N–H and O–H groups in total. The second-order valence-electron chi connectivity index (χ2n) is 10.8. The second kappa shape index (κ2) is 21.3. The third-order valence-electron chi connectivity index (χ3n) is 4.67. The monoisotopic (exact) mass is 571 g/mol. The summed E-state index contributed by atoms with van der Waals surface area (Å²) in [5.74, 6) is 0.161. The lowest BCUT2D eigenvalue weighted by Gasteiger charge is -2.17. The van der Waals surface area contributed by atoms with Crippen LogP contribution in [0.3, 0.4) is 0 Å². The largest absolute Gasteiger partial charge is 0.350 e. The van der Waals surface area contributed by atoms with E-state index in [1.807, 2.05) is 52.8 Å². The lowest BCUT2D eigenvalue weighted by atomic mass is 10.1. The van der Waals surface area contributed by atoms with E-state index in [2.05, 4.69) is 25.7 Å². The number of rotatable bonds is 10. The number of carbonyl (C=O) groups is 4. The first-order chi connectivity index (χ1) is 17.7. The van der Waals surface area contributed by atoms with E-state index in [4.69, 9.17) is 0 Å². The maximum absolute atomic E-state index is 11.1. The zero-order valence-electron chi connectivity index (χ0n) is 26.1. The Labute approximate surface area is 237 Å². The predicted octanol–water partition coefficient (Wildman–Crippen LogP) is 3.95. The number of likely N-dealkylation sites (N-methyl/N-ethyl adjacent to an activating group) is 1. The van der Waals surface area contributed by atoms with Crippen molar-refractivity contribution in [2.45, 2.75) is 98.2 Å². The van der Waals surface area contributed by atoms with Gasteiger partial charge in [-0.25, -0.2) is 8.42 Å². The van der Waals surface area contributed by atoms with Gasteiger partial charge in [0.15, 0.2) is 15.6 Å². The summed E-state index contributed by atoms with van der Waals surface area (Å²) >= 11 is 0. The van der Waals surface area contributed by atoms with Crippen molar-refractivity contribution in [3.63, 3.8) is 0 Å². The molecular weight excluding hydrogens is 518 g/mol. The van der Waals surface area contributed by atoms with E-state index in [9.17, 15) is 27.6 Å². The highest BCUT2D eigenvalue weighted by Crippen LogP contribution is 2.08. The van der Waals surface area contributed by atoms with Crippen molar-refractivity contribution in [2.75, 3.05) is 20.6 Å². The molecule has 0 spiro atoms. The molecule has 1 aliphatic heterocycles.